The van der Waals surface area contributed by atoms with Gasteiger partial charge in [0.25, 0.3) is 11.1 Å². The summed E-state index contributed by atoms with van der Waals surface area (Å²) in [5.74, 6) is 0.424. The zero-order valence-electron chi connectivity index (χ0n) is 30.0. The molecule has 2 heterocycles. The maximum absolute atomic E-state index is 13.5. The lowest BCUT2D eigenvalue weighted by molar-refractivity contribution is 0.102. The number of aryl methyl sites for hydroxylation is 4. The topological polar surface area (TPSA) is 173 Å². The van der Waals surface area contributed by atoms with Crippen LogP contribution in [0, 0.1) is 27.7 Å². The number of benzene rings is 3. The number of H-pyrrole nitrogens is 3. The Morgan fingerprint density at radius 1 is 0.608 bits per heavy atom. The molecule has 12 nitrogen and oxygen atoms in total. The third-order valence-corrected chi connectivity index (χ3v) is 8.21. The van der Waals surface area contributed by atoms with E-state index in [4.69, 9.17) is 9.47 Å². The largest absolute Gasteiger partial charge is 0.497 e. The molecule has 0 aliphatic carbocycles. The first kappa shape index (κ1) is 37.8. The molecule has 51 heavy (non-hydrogen) atoms. The summed E-state index contributed by atoms with van der Waals surface area (Å²) in [6.45, 7) is 11.2. The molecule has 0 aliphatic heterocycles. The molecule has 0 fully saturated rings. The van der Waals surface area contributed by atoms with Crippen molar-refractivity contribution in [3.8, 4) is 11.5 Å². The van der Waals surface area contributed by atoms with E-state index >= 15 is 0 Å². The van der Waals surface area contributed by atoms with Crippen molar-refractivity contribution in [2.45, 2.75) is 60.9 Å². The van der Waals surface area contributed by atoms with E-state index in [-0.39, 0.29) is 35.1 Å². The van der Waals surface area contributed by atoms with Crippen LogP contribution in [0.4, 0.5) is 0 Å². The SMILES string of the molecule is CCc1c(C(=O)c2cc(C)cc(C)c2)[nH]c(=O)[nH]c1=O.CCc1c(C(=O)c2cc(C)cc(C)c2)n(Cc2cc(OC)cc(OC)c2)c(=O)[nH]c1=O. The van der Waals surface area contributed by atoms with Crippen molar-refractivity contribution in [3.63, 3.8) is 0 Å². The molecule has 0 radical (unpaired) electrons. The Morgan fingerprint density at radius 3 is 1.55 bits per heavy atom. The predicted molar refractivity (Wildman–Crippen MR) is 195 cm³/mol. The number of hydrogen-bond donors (Lipinski definition) is 3. The van der Waals surface area contributed by atoms with Crippen LogP contribution < -0.4 is 32.0 Å². The van der Waals surface area contributed by atoms with Crippen molar-refractivity contribution >= 4 is 11.6 Å². The molecular weight excluding hydrogens is 652 g/mol. The van der Waals surface area contributed by atoms with Crippen LogP contribution in [0.1, 0.15) is 84.9 Å². The second kappa shape index (κ2) is 16.1. The van der Waals surface area contributed by atoms with E-state index in [1.165, 1.54) is 18.8 Å². The highest BCUT2D eigenvalue weighted by molar-refractivity contribution is 6.09. The first-order chi connectivity index (χ1) is 24.2. The molecule has 0 saturated carbocycles. The number of methoxy groups -OCH3 is 2. The van der Waals surface area contributed by atoms with Gasteiger partial charge in [0.1, 0.15) is 17.2 Å². The molecule has 3 N–H and O–H groups in total. The smallest absolute Gasteiger partial charge is 0.329 e. The molecule has 0 amide bonds. The minimum atomic E-state index is -0.667. The van der Waals surface area contributed by atoms with Crippen molar-refractivity contribution in [3.05, 3.63) is 158 Å². The Bertz CT molecular complexity index is 2300. The maximum atomic E-state index is 13.5. The van der Waals surface area contributed by atoms with Crippen molar-refractivity contribution in [2.24, 2.45) is 0 Å². The maximum Gasteiger partial charge on any atom is 0.329 e. The summed E-state index contributed by atoms with van der Waals surface area (Å²) in [7, 11) is 3.07. The normalized spacial score (nSPS) is 10.7. The van der Waals surface area contributed by atoms with Gasteiger partial charge in [0.05, 0.1) is 26.5 Å². The molecule has 2 aromatic heterocycles. The van der Waals surface area contributed by atoms with Gasteiger partial charge in [-0.2, -0.15) is 0 Å². The molecule has 5 rings (SSSR count). The summed E-state index contributed by atoms with van der Waals surface area (Å²) >= 11 is 0. The summed E-state index contributed by atoms with van der Waals surface area (Å²) in [5.41, 5.74) is 3.77. The number of aromatic nitrogens is 4. The highest BCUT2D eigenvalue weighted by Gasteiger charge is 2.23. The van der Waals surface area contributed by atoms with E-state index in [0.29, 0.717) is 46.6 Å². The van der Waals surface area contributed by atoms with E-state index in [0.717, 1.165) is 22.3 Å². The Morgan fingerprint density at radius 2 is 1.08 bits per heavy atom. The van der Waals surface area contributed by atoms with Gasteiger partial charge in [-0.15, -0.1) is 0 Å². The highest BCUT2D eigenvalue weighted by Crippen LogP contribution is 2.24. The summed E-state index contributed by atoms with van der Waals surface area (Å²) in [6.07, 6.45) is 0.681. The standard InChI is InChI=1S/C24H26N2O5.C15H16N2O3/c1-6-20-21(22(27)17-8-14(2)7-15(3)9-17)26(24(29)25-23(20)28)13-16-10-18(30-4)12-19(11-16)31-5;1-4-11-12(16-15(20)17-14(11)19)13(18)10-6-8(2)5-9(3)7-10/h7-12H,6,13H2,1-5H3,(H,25,28,29);5-7H,4H2,1-3H3,(H2,16,17,19,20). The fraction of sp³-hybridized carbons (Fsp3) is 0.282. The number of nitrogens with zero attached hydrogens (tertiary/aromatic N) is 1. The van der Waals surface area contributed by atoms with Crippen LogP contribution in [0.3, 0.4) is 0 Å². The van der Waals surface area contributed by atoms with Crippen LogP contribution >= 0.6 is 0 Å². The van der Waals surface area contributed by atoms with Crippen LogP contribution in [-0.4, -0.2) is 45.3 Å². The second-order valence-corrected chi connectivity index (χ2v) is 12.3. The summed E-state index contributed by atoms with van der Waals surface area (Å²) in [4.78, 5) is 81.4. The zero-order chi connectivity index (χ0) is 37.6. The van der Waals surface area contributed by atoms with Gasteiger partial charge >= 0.3 is 11.4 Å². The number of ketones is 2. The van der Waals surface area contributed by atoms with Crippen LogP contribution in [0.5, 0.6) is 11.5 Å². The monoisotopic (exact) mass is 694 g/mol. The first-order valence-electron chi connectivity index (χ1n) is 16.4. The molecule has 0 saturated heterocycles. The minimum absolute atomic E-state index is 0.0715. The first-order valence-corrected chi connectivity index (χ1v) is 16.4. The summed E-state index contributed by atoms with van der Waals surface area (Å²) < 4.78 is 11.9. The minimum Gasteiger partial charge on any atom is -0.497 e. The van der Waals surface area contributed by atoms with Gasteiger partial charge in [0.2, 0.25) is 11.6 Å². The quantitative estimate of drug-likeness (QED) is 0.180. The molecule has 0 bridgehead atoms. The van der Waals surface area contributed by atoms with Crippen molar-refractivity contribution in [2.75, 3.05) is 14.2 Å². The third-order valence-electron chi connectivity index (χ3n) is 8.21. The number of carbonyl (C=O) groups is 2. The summed E-state index contributed by atoms with van der Waals surface area (Å²) in [5, 5.41) is 0. The number of aromatic amines is 3. The number of nitrogens with one attached hydrogen (secondary N) is 3. The van der Waals surface area contributed by atoms with E-state index in [2.05, 4.69) is 15.0 Å². The summed E-state index contributed by atoms with van der Waals surface area (Å²) in [6, 6.07) is 16.2. The molecule has 3 aromatic carbocycles. The van der Waals surface area contributed by atoms with Crippen molar-refractivity contribution < 1.29 is 19.1 Å². The van der Waals surface area contributed by atoms with Gasteiger partial charge in [0.15, 0.2) is 0 Å². The van der Waals surface area contributed by atoms with Gasteiger partial charge in [-0.05, 0) is 82.5 Å². The fourth-order valence-electron chi connectivity index (χ4n) is 6.03. The number of carbonyl (C=O) groups excluding carboxylic acids is 2. The molecule has 0 atom stereocenters. The van der Waals surface area contributed by atoms with Crippen molar-refractivity contribution in [1.82, 2.24) is 19.5 Å². The van der Waals surface area contributed by atoms with Crippen LogP contribution in [0.2, 0.25) is 0 Å². The van der Waals surface area contributed by atoms with Crippen molar-refractivity contribution in [1.29, 1.82) is 0 Å². The van der Waals surface area contributed by atoms with E-state index in [1.54, 1.807) is 56.3 Å². The van der Waals surface area contributed by atoms with Crippen LogP contribution in [0.15, 0.2) is 73.8 Å². The van der Waals surface area contributed by atoms with Gasteiger partial charge in [-0.25, -0.2) is 9.59 Å². The molecule has 12 heteroatoms. The highest BCUT2D eigenvalue weighted by atomic mass is 16.5. The lowest BCUT2D eigenvalue weighted by atomic mass is 9.99. The van der Waals surface area contributed by atoms with Crippen LogP contribution in [-0.2, 0) is 19.4 Å². The van der Waals surface area contributed by atoms with Gasteiger partial charge in [0, 0.05) is 28.3 Å². The Labute approximate surface area is 294 Å². The third kappa shape index (κ3) is 8.77. The zero-order valence-corrected chi connectivity index (χ0v) is 30.0. The van der Waals surface area contributed by atoms with E-state index < -0.39 is 22.5 Å². The molecule has 0 aliphatic rings. The fourth-order valence-corrected chi connectivity index (χ4v) is 6.03. The molecule has 5 aromatic rings. The molecule has 266 valence electrons. The lowest BCUT2D eigenvalue weighted by Gasteiger charge is -2.16. The number of hydrogen-bond acceptors (Lipinski definition) is 8. The molecule has 0 spiro atoms. The molecule has 0 unspecified atom stereocenters. The number of ether oxygens (including phenoxy) is 2. The van der Waals surface area contributed by atoms with E-state index in [9.17, 15) is 28.8 Å². The Hall–Kier alpha value is -6.04. The van der Waals surface area contributed by atoms with Gasteiger partial charge in [-0.1, -0.05) is 48.2 Å². The second-order valence-electron chi connectivity index (χ2n) is 12.3. The lowest BCUT2D eigenvalue weighted by Crippen LogP contribution is -2.37. The Balaban J connectivity index is 0.000000251. The average Bonchev–Trinajstić information content (AvgIpc) is 3.07. The average molecular weight is 695 g/mol. The number of rotatable bonds is 10. The van der Waals surface area contributed by atoms with Gasteiger partial charge in [-0.3, -0.25) is 33.7 Å². The Kier molecular flexibility index (Phi) is 11.9. The van der Waals surface area contributed by atoms with E-state index in [1.807, 2.05) is 39.8 Å². The molecular formula is C39H42N4O8. The van der Waals surface area contributed by atoms with Crippen LogP contribution in [0.25, 0.3) is 0 Å². The predicted octanol–water partition coefficient (Wildman–Crippen LogP) is 4.49. The van der Waals surface area contributed by atoms with Gasteiger partial charge < -0.3 is 14.5 Å².